The van der Waals surface area contributed by atoms with Crippen molar-refractivity contribution >= 4 is 18.0 Å². The lowest BCUT2D eigenvalue weighted by molar-refractivity contribution is -0.142. The van der Waals surface area contributed by atoms with Crippen LogP contribution in [0.2, 0.25) is 0 Å². The molecule has 2 amide bonds. The van der Waals surface area contributed by atoms with Crippen LogP contribution in [0.3, 0.4) is 0 Å². The van der Waals surface area contributed by atoms with Gasteiger partial charge in [-0.2, -0.15) is 0 Å². The average molecular weight is 475 g/mol. The van der Waals surface area contributed by atoms with Gasteiger partial charge in [0.05, 0.1) is 0 Å². The molecular formula is C24H27F2N3O5. The molecule has 0 saturated heterocycles. The quantitative estimate of drug-likeness (QED) is 0.488. The number of ether oxygens (including phenoxy) is 1. The molecule has 2 atom stereocenters. The van der Waals surface area contributed by atoms with E-state index in [4.69, 9.17) is 4.74 Å². The van der Waals surface area contributed by atoms with Crippen molar-refractivity contribution in [3.05, 3.63) is 59.7 Å². The largest absolute Gasteiger partial charge is 0.480 e. The third-order valence-electron chi connectivity index (χ3n) is 5.53. The fourth-order valence-corrected chi connectivity index (χ4v) is 4.01. The van der Waals surface area contributed by atoms with Crippen LogP contribution in [0.1, 0.15) is 23.5 Å². The fraction of sp³-hybridized carbons (Fsp3) is 0.375. The minimum atomic E-state index is -2.90. The summed E-state index contributed by atoms with van der Waals surface area (Å²) in [6, 6.07) is 12.4. The molecule has 34 heavy (non-hydrogen) atoms. The number of alkyl halides is 2. The lowest BCUT2D eigenvalue weighted by Crippen LogP contribution is -2.54. The second-order valence-corrected chi connectivity index (χ2v) is 8.31. The molecule has 2 aromatic rings. The number of likely N-dealkylation sites (N-methyl/N-ethyl adjacent to an activating group) is 1. The number of carboxylic acid groups (broad SMARTS) is 1. The molecule has 0 heterocycles. The van der Waals surface area contributed by atoms with Gasteiger partial charge in [0.15, 0.2) is 0 Å². The first kappa shape index (κ1) is 25.1. The first-order valence-corrected chi connectivity index (χ1v) is 10.7. The molecule has 0 aliphatic heterocycles. The van der Waals surface area contributed by atoms with E-state index in [1.54, 1.807) is 14.1 Å². The number of rotatable bonds is 10. The van der Waals surface area contributed by atoms with Gasteiger partial charge < -0.3 is 25.4 Å². The number of nitrogens with one attached hydrogen (secondary N) is 2. The standard InChI is InChI=1S/C24H27F2N3O5/c1-29(2)12-20(23(31)32)27-22(30)19(11-21(25)26)28-24(33)34-13-18-16-9-5-3-7-14(16)15-8-4-6-10-17(15)18/h3-10,18-21H,11-13H2,1-2H3,(H,27,30)(H,28,33)(H,31,32). The van der Waals surface area contributed by atoms with Crippen LogP contribution in [0.25, 0.3) is 11.1 Å². The number of carbonyl (C=O) groups is 3. The Balaban J connectivity index is 1.66. The number of hydrogen-bond acceptors (Lipinski definition) is 5. The van der Waals surface area contributed by atoms with Gasteiger partial charge in [0.2, 0.25) is 12.3 Å². The van der Waals surface area contributed by atoms with E-state index in [1.165, 1.54) is 4.90 Å². The molecule has 182 valence electrons. The number of alkyl carbamates (subject to hydrolysis) is 1. The summed E-state index contributed by atoms with van der Waals surface area (Å²) in [6.45, 7) is -0.103. The van der Waals surface area contributed by atoms with E-state index >= 15 is 0 Å². The number of fused-ring (bicyclic) bond motifs is 3. The summed E-state index contributed by atoms with van der Waals surface area (Å²) >= 11 is 0. The fourth-order valence-electron chi connectivity index (χ4n) is 4.01. The summed E-state index contributed by atoms with van der Waals surface area (Å²) in [4.78, 5) is 37.9. The molecule has 10 heteroatoms. The highest BCUT2D eigenvalue weighted by atomic mass is 19.3. The van der Waals surface area contributed by atoms with Gasteiger partial charge in [0, 0.05) is 18.9 Å². The molecule has 2 aromatic carbocycles. The maximum Gasteiger partial charge on any atom is 0.407 e. The smallest absolute Gasteiger partial charge is 0.407 e. The SMILES string of the molecule is CN(C)CC(NC(=O)C(CC(F)F)NC(=O)OCC1c2ccccc2-c2ccccc21)C(=O)O. The zero-order valence-electron chi connectivity index (χ0n) is 18.8. The topological polar surface area (TPSA) is 108 Å². The predicted molar refractivity (Wildman–Crippen MR) is 121 cm³/mol. The van der Waals surface area contributed by atoms with Crippen LogP contribution >= 0.6 is 0 Å². The third-order valence-corrected chi connectivity index (χ3v) is 5.53. The van der Waals surface area contributed by atoms with Crippen LogP contribution in [0.4, 0.5) is 13.6 Å². The van der Waals surface area contributed by atoms with Crippen LogP contribution in [-0.4, -0.2) is 73.7 Å². The molecular weight excluding hydrogens is 448 g/mol. The Morgan fingerprint density at radius 2 is 1.53 bits per heavy atom. The molecule has 1 aliphatic rings. The Morgan fingerprint density at radius 3 is 2.03 bits per heavy atom. The zero-order chi connectivity index (χ0) is 24.8. The van der Waals surface area contributed by atoms with Gasteiger partial charge >= 0.3 is 12.1 Å². The van der Waals surface area contributed by atoms with Crippen molar-refractivity contribution in [1.29, 1.82) is 0 Å². The molecule has 2 unspecified atom stereocenters. The summed E-state index contributed by atoms with van der Waals surface area (Å²) in [5.41, 5.74) is 4.02. The summed E-state index contributed by atoms with van der Waals surface area (Å²) in [7, 11) is 3.21. The molecule has 0 spiro atoms. The number of amides is 2. The Hall–Kier alpha value is -3.53. The van der Waals surface area contributed by atoms with Gasteiger partial charge in [-0.05, 0) is 36.3 Å². The molecule has 0 aromatic heterocycles. The molecule has 0 radical (unpaired) electrons. The monoisotopic (exact) mass is 475 g/mol. The normalized spacial score (nSPS) is 14.3. The molecule has 1 aliphatic carbocycles. The summed E-state index contributed by atoms with van der Waals surface area (Å²) in [6.07, 6.45) is -4.92. The Kier molecular flexibility index (Phi) is 8.17. The number of carbonyl (C=O) groups excluding carboxylic acids is 2. The number of halogens is 2. The van der Waals surface area contributed by atoms with Crippen LogP contribution in [0.5, 0.6) is 0 Å². The van der Waals surface area contributed by atoms with Crippen molar-refractivity contribution in [2.24, 2.45) is 0 Å². The highest BCUT2D eigenvalue weighted by Gasteiger charge is 2.32. The van der Waals surface area contributed by atoms with Gasteiger partial charge in [-0.3, -0.25) is 4.79 Å². The van der Waals surface area contributed by atoms with E-state index in [9.17, 15) is 28.3 Å². The van der Waals surface area contributed by atoms with Crippen LogP contribution < -0.4 is 10.6 Å². The van der Waals surface area contributed by atoms with Gasteiger partial charge in [0.25, 0.3) is 0 Å². The lowest BCUT2D eigenvalue weighted by atomic mass is 9.98. The molecule has 8 nitrogen and oxygen atoms in total. The minimum absolute atomic E-state index is 0.0482. The van der Waals surface area contributed by atoms with Crippen LogP contribution in [0.15, 0.2) is 48.5 Å². The maximum atomic E-state index is 13.1. The molecule has 3 N–H and O–H groups in total. The minimum Gasteiger partial charge on any atom is -0.480 e. The van der Waals surface area contributed by atoms with E-state index in [0.717, 1.165) is 22.3 Å². The number of aliphatic carboxylic acids is 1. The highest BCUT2D eigenvalue weighted by molar-refractivity contribution is 5.89. The van der Waals surface area contributed by atoms with Crippen molar-refractivity contribution in [3.63, 3.8) is 0 Å². The predicted octanol–water partition coefficient (Wildman–Crippen LogP) is 2.68. The molecule has 0 saturated carbocycles. The van der Waals surface area contributed by atoms with Crippen molar-refractivity contribution in [2.75, 3.05) is 27.2 Å². The third kappa shape index (κ3) is 6.07. The van der Waals surface area contributed by atoms with Gasteiger partial charge in [-0.1, -0.05) is 48.5 Å². The lowest BCUT2D eigenvalue weighted by Gasteiger charge is -2.23. The second kappa shape index (κ2) is 11.1. The summed E-state index contributed by atoms with van der Waals surface area (Å²) in [5, 5.41) is 13.6. The first-order chi connectivity index (χ1) is 16.2. The average Bonchev–Trinajstić information content (AvgIpc) is 3.10. The number of benzene rings is 2. The van der Waals surface area contributed by atoms with Crippen molar-refractivity contribution in [2.45, 2.75) is 30.8 Å². The highest BCUT2D eigenvalue weighted by Crippen LogP contribution is 2.44. The first-order valence-electron chi connectivity index (χ1n) is 10.7. The zero-order valence-corrected chi connectivity index (χ0v) is 18.8. The van der Waals surface area contributed by atoms with Crippen molar-refractivity contribution in [1.82, 2.24) is 15.5 Å². The molecule has 3 rings (SSSR count). The maximum absolute atomic E-state index is 13.1. The molecule has 0 fully saturated rings. The Bertz CT molecular complexity index is 1000. The Morgan fingerprint density at radius 1 is 0.971 bits per heavy atom. The van der Waals surface area contributed by atoms with Crippen LogP contribution in [0, 0.1) is 0 Å². The van der Waals surface area contributed by atoms with Crippen molar-refractivity contribution in [3.8, 4) is 11.1 Å². The van der Waals surface area contributed by atoms with Gasteiger partial charge in [-0.25, -0.2) is 18.4 Å². The molecule has 0 bridgehead atoms. The second-order valence-electron chi connectivity index (χ2n) is 8.31. The van der Waals surface area contributed by atoms with E-state index in [0.29, 0.717) is 0 Å². The van der Waals surface area contributed by atoms with Gasteiger partial charge in [0.1, 0.15) is 18.7 Å². The number of carboxylic acids is 1. The van der Waals surface area contributed by atoms with E-state index in [2.05, 4.69) is 10.6 Å². The van der Waals surface area contributed by atoms with E-state index in [1.807, 2.05) is 48.5 Å². The Labute approximate surface area is 195 Å². The number of hydrogen-bond donors (Lipinski definition) is 3. The van der Waals surface area contributed by atoms with Crippen molar-refractivity contribution < 1.29 is 33.0 Å². The van der Waals surface area contributed by atoms with Crippen LogP contribution in [-0.2, 0) is 14.3 Å². The summed E-state index contributed by atoms with van der Waals surface area (Å²) in [5.74, 6) is -2.58. The van der Waals surface area contributed by atoms with E-state index < -0.39 is 42.9 Å². The van der Waals surface area contributed by atoms with Gasteiger partial charge in [-0.15, -0.1) is 0 Å². The number of nitrogens with zero attached hydrogens (tertiary/aromatic N) is 1. The van der Waals surface area contributed by atoms with E-state index in [-0.39, 0.29) is 19.1 Å². The summed E-state index contributed by atoms with van der Waals surface area (Å²) < 4.78 is 31.5.